The van der Waals surface area contributed by atoms with Crippen LogP contribution >= 0.6 is 38.5 Å². The quantitative estimate of drug-likeness (QED) is 0.549. The predicted octanol–water partition coefficient (Wildman–Crippen LogP) is 4.05. The highest BCUT2D eigenvalue weighted by molar-refractivity contribution is 14.1. The van der Waals surface area contributed by atoms with Crippen molar-refractivity contribution < 1.29 is 0 Å². The molecule has 0 fully saturated rings. The summed E-state index contributed by atoms with van der Waals surface area (Å²) < 4.78 is 1.89. The van der Waals surface area contributed by atoms with Gasteiger partial charge in [-0.2, -0.15) is 0 Å². The summed E-state index contributed by atoms with van der Waals surface area (Å²) in [5.41, 5.74) is 4.03. The summed E-state index contributed by atoms with van der Waals surface area (Å²) in [4.78, 5) is 0. The van der Waals surface area contributed by atoms with Crippen LogP contribution in [0.2, 0.25) is 0 Å². The van der Waals surface area contributed by atoms with E-state index in [0.717, 1.165) is 6.54 Å². The third-order valence-corrected chi connectivity index (χ3v) is 4.72. The third kappa shape index (κ3) is 1.73. The minimum atomic E-state index is 0.658. The van der Waals surface area contributed by atoms with Crippen LogP contribution in [0.4, 0.5) is 5.69 Å². The minimum Gasteiger partial charge on any atom is -0.384 e. The van der Waals surface area contributed by atoms with Crippen LogP contribution < -0.4 is 5.32 Å². The molecule has 3 heteroatoms. The Hall–Kier alpha value is 0.230. The molecular weight excluding hydrogens is 341 g/mol. The predicted molar refractivity (Wildman–Crippen MR) is 68.7 cm³/mol. The van der Waals surface area contributed by atoms with Crippen LogP contribution in [0.15, 0.2) is 16.6 Å². The summed E-state index contributed by atoms with van der Waals surface area (Å²) in [5, 5.41) is 3.45. The normalized spacial score (nSPS) is 20.7. The first-order chi connectivity index (χ1) is 6.20. The summed E-state index contributed by atoms with van der Waals surface area (Å²) in [7, 11) is 0. The summed E-state index contributed by atoms with van der Waals surface area (Å²) >= 11 is 6.14. The number of rotatable bonds is 0. The molecule has 1 heterocycles. The Morgan fingerprint density at radius 2 is 2.31 bits per heavy atom. The number of hydrogen-bond acceptors (Lipinski definition) is 1. The molecule has 0 bridgehead atoms. The van der Waals surface area contributed by atoms with Crippen LogP contribution in [0.3, 0.4) is 0 Å². The zero-order chi connectivity index (χ0) is 9.42. The Bertz CT molecular complexity index is 338. The van der Waals surface area contributed by atoms with Gasteiger partial charge in [-0.05, 0) is 40.4 Å². The van der Waals surface area contributed by atoms with E-state index in [2.05, 4.69) is 62.9 Å². The zero-order valence-electron chi connectivity index (χ0n) is 7.40. The molecule has 1 aromatic carbocycles. The lowest BCUT2D eigenvalue weighted by atomic mass is 10.0. The largest absolute Gasteiger partial charge is 0.384 e. The Kier molecular flexibility index (Phi) is 2.83. The van der Waals surface area contributed by atoms with Gasteiger partial charge in [0.05, 0.1) is 5.69 Å². The lowest BCUT2D eigenvalue weighted by Gasteiger charge is -2.24. The van der Waals surface area contributed by atoms with E-state index in [-0.39, 0.29) is 0 Å². The number of aryl methyl sites for hydroxylation is 1. The van der Waals surface area contributed by atoms with Crippen molar-refractivity contribution in [1.82, 2.24) is 0 Å². The van der Waals surface area contributed by atoms with Gasteiger partial charge >= 0.3 is 0 Å². The summed E-state index contributed by atoms with van der Waals surface area (Å²) in [6.45, 7) is 3.21. The van der Waals surface area contributed by atoms with Crippen molar-refractivity contribution in [2.24, 2.45) is 0 Å². The second kappa shape index (κ2) is 3.77. The lowest BCUT2D eigenvalue weighted by Crippen LogP contribution is -2.14. The highest BCUT2D eigenvalue weighted by Crippen LogP contribution is 2.41. The van der Waals surface area contributed by atoms with Gasteiger partial charge in [-0.25, -0.2) is 0 Å². The fourth-order valence-electron chi connectivity index (χ4n) is 1.62. The monoisotopic (exact) mass is 351 g/mol. The van der Waals surface area contributed by atoms with Crippen molar-refractivity contribution in [2.45, 2.75) is 17.3 Å². The van der Waals surface area contributed by atoms with E-state index in [0.29, 0.717) is 3.92 Å². The molecule has 13 heavy (non-hydrogen) atoms. The molecule has 0 aromatic heterocycles. The topological polar surface area (TPSA) is 12.0 Å². The smallest absolute Gasteiger partial charge is 0.0530 e. The maximum absolute atomic E-state index is 3.63. The van der Waals surface area contributed by atoms with Gasteiger partial charge in [-0.15, -0.1) is 0 Å². The van der Waals surface area contributed by atoms with Crippen molar-refractivity contribution >= 4 is 44.2 Å². The van der Waals surface area contributed by atoms with E-state index in [9.17, 15) is 0 Å². The first kappa shape index (κ1) is 9.77. The Labute approximate surface area is 101 Å². The number of fused-ring (bicyclic) bond motifs is 1. The molecule has 1 aromatic rings. The van der Waals surface area contributed by atoms with Crippen LogP contribution in [0.5, 0.6) is 0 Å². The molecule has 1 N–H and O–H groups in total. The van der Waals surface area contributed by atoms with Crippen molar-refractivity contribution in [3.05, 3.63) is 27.7 Å². The average molecular weight is 352 g/mol. The standard InChI is InChI=1S/C10H11BrIN/c1-6-2-3-7-8(12)4-5-13-10(7)9(6)11/h2-3,8,13H,4-5H2,1H3. The average Bonchev–Trinajstić information content (AvgIpc) is 2.12. The Morgan fingerprint density at radius 1 is 1.54 bits per heavy atom. The van der Waals surface area contributed by atoms with Crippen LogP contribution in [-0.4, -0.2) is 6.54 Å². The van der Waals surface area contributed by atoms with Crippen LogP contribution in [0.1, 0.15) is 21.5 Å². The Morgan fingerprint density at radius 3 is 3.08 bits per heavy atom. The molecule has 0 amide bonds. The van der Waals surface area contributed by atoms with E-state index in [4.69, 9.17) is 0 Å². The molecule has 1 nitrogen and oxygen atoms in total. The first-order valence-electron chi connectivity index (χ1n) is 4.37. The van der Waals surface area contributed by atoms with Gasteiger partial charge in [0.1, 0.15) is 0 Å². The molecular formula is C10H11BrIN. The van der Waals surface area contributed by atoms with E-state index < -0.39 is 0 Å². The van der Waals surface area contributed by atoms with E-state index in [1.165, 1.54) is 27.7 Å². The highest BCUT2D eigenvalue weighted by atomic mass is 127. The van der Waals surface area contributed by atoms with Crippen molar-refractivity contribution in [3.8, 4) is 0 Å². The number of benzene rings is 1. The molecule has 1 unspecified atom stereocenters. The molecule has 0 spiro atoms. The van der Waals surface area contributed by atoms with Gasteiger partial charge in [0, 0.05) is 14.9 Å². The van der Waals surface area contributed by atoms with Crippen molar-refractivity contribution in [1.29, 1.82) is 0 Å². The molecule has 1 atom stereocenters. The Balaban J connectivity index is 2.56. The summed E-state index contributed by atoms with van der Waals surface area (Å²) in [6, 6.07) is 4.42. The number of halogens is 2. The number of nitrogens with one attached hydrogen (secondary N) is 1. The minimum absolute atomic E-state index is 0.658. The van der Waals surface area contributed by atoms with Crippen LogP contribution in [0.25, 0.3) is 0 Å². The molecule has 0 aliphatic carbocycles. The molecule has 2 rings (SSSR count). The van der Waals surface area contributed by atoms with Gasteiger partial charge in [0.15, 0.2) is 0 Å². The van der Waals surface area contributed by atoms with Crippen LogP contribution in [0, 0.1) is 6.92 Å². The molecule has 1 aliphatic rings. The first-order valence-corrected chi connectivity index (χ1v) is 6.41. The van der Waals surface area contributed by atoms with Gasteiger partial charge in [0.2, 0.25) is 0 Å². The fourth-order valence-corrected chi connectivity index (χ4v) is 2.95. The van der Waals surface area contributed by atoms with Crippen molar-refractivity contribution in [3.63, 3.8) is 0 Å². The molecule has 0 radical (unpaired) electrons. The van der Waals surface area contributed by atoms with Gasteiger partial charge in [-0.3, -0.25) is 0 Å². The van der Waals surface area contributed by atoms with E-state index >= 15 is 0 Å². The number of alkyl halides is 1. The SMILES string of the molecule is Cc1ccc2c(c1Br)NCCC2I. The summed E-state index contributed by atoms with van der Waals surface area (Å²) in [6.07, 6.45) is 1.23. The van der Waals surface area contributed by atoms with Crippen molar-refractivity contribution in [2.75, 3.05) is 11.9 Å². The maximum Gasteiger partial charge on any atom is 0.0530 e. The second-order valence-corrected chi connectivity index (χ2v) is 5.64. The molecule has 0 saturated heterocycles. The van der Waals surface area contributed by atoms with Gasteiger partial charge < -0.3 is 5.32 Å². The molecule has 0 saturated carbocycles. The number of hydrogen-bond donors (Lipinski definition) is 1. The molecule has 1 aliphatic heterocycles. The summed E-state index contributed by atoms with van der Waals surface area (Å²) in [5.74, 6) is 0. The van der Waals surface area contributed by atoms with Crippen LogP contribution in [-0.2, 0) is 0 Å². The zero-order valence-corrected chi connectivity index (χ0v) is 11.1. The third-order valence-electron chi connectivity index (χ3n) is 2.40. The second-order valence-electron chi connectivity index (χ2n) is 3.34. The highest BCUT2D eigenvalue weighted by Gasteiger charge is 2.19. The van der Waals surface area contributed by atoms with Gasteiger partial charge in [-0.1, -0.05) is 34.7 Å². The van der Waals surface area contributed by atoms with E-state index in [1.807, 2.05) is 0 Å². The number of anilines is 1. The fraction of sp³-hybridized carbons (Fsp3) is 0.400. The molecule has 70 valence electrons. The lowest BCUT2D eigenvalue weighted by molar-refractivity contribution is 0.832. The maximum atomic E-state index is 3.63. The van der Waals surface area contributed by atoms with Gasteiger partial charge in [0.25, 0.3) is 0 Å². The van der Waals surface area contributed by atoms with E-state index in [1.54, 1.807) is 0 Å².